The third-order valence-electron chi connectivity index (χ3n) is 5.46. The van der Waals surface area contributed by atoms with Crippen LogP contribution >= 0.6 is 0 Å². The predicted octanol–water partition coefficient (Wildman–Crippen LogP) is 1.38. The molecule has 2 bridgehead atoms. The van der Waals surface area contributed by atoms with E-state index in [-0.39, 0.29) is 31.0 Å². The first-order valence-electron chi connectivity index (χ1n) is 8.53. The minimum atomic E-state index is -2.56. The van der Waals surface area contributed by atoms with Gasteiger partial charge in [-0.15, -0.1) is 0 Å². The summed E-state index contributed by atoms with van der Waals surface area (Å²) >= 11 is 0. The summed E-state index contributed by atoms with van der Waals surface area (Å²) in [5.74, 6) is -1.79. The molecule has 24 heavy (non-hydrogen) atoms. The molecule has 134 valence electrons. The van der Waals surface area contributed by atoms with Crippen molar-refractivity contribution < 1.29 is 23.4 Å². The molecule has 5 atom stereocenters. The molecule has 4 rings (SSSR count). The lowest BCUT2D eigenvalue weighted by molar-refractivity contribution is -0.167. The number of aromatic nitrogens is 2. The van der Waals surface area contributed by atoms with E-state index < -0.39 is 24.4 Å². The van der Waals surface area contributed by atoms with Crippen LogP contribution in [0.3, 0.4) is 0 Å². The number of halogens is 2. The summed E-state index contributed by atoms with van der Waals surface area (Å²) in [5, 5.41) is 14.3. The van der Waals surface area contributed by atoms with Crippen LogP contribution in [0.1, 0.15) is 37.5 Å². The maximum absolute atomic E-state index is 13.3. The Morgan fingerprint density at radius 1 is 1.38 bits per heavy atom. The lowest BCUT2D eigenvalue weighted by Crippen LogP contribution is -2.60. The maximum atomic E-state index is 13.3. The standard InChI is InChI=1S/C16H23F2N3O3/c1-9-19-6-7-21(9)13-14(22)12(11-8-23-15(13)24-11)20-10-2-4-16(17,18)5-3-10/h6-7,10-15,20,22H,2-5,8H2,1H3. The van der Waals surface area contributed by atoms with Crippen LogP contribution in [0, 0.1) is 6.92 Å². The molecular formula is C16H23F2N3O3. The average Bonchev–Trinajstić information content (AvgIpc) is 3.14. The number of alkyl halides is 2. The fourth-order valence-corrected chi connectivity index (χ4v) is 4.08. The van der Waals surface area contributed by atoms with Gasteiger partial charge in [0.15, 0.2) is 6.29 Å². The van der Waals surface area contributed by atoms with Crippen LogP contribution in [0.2, 0.25) is 0 Å². The predicted molar refractivity (Wildman–Crippen MR) is 80.7 cm³/mol. The van der Waals surface area contributed by atoms with Crippen molar-refractivity contribution in [3.8, 4) is 0 Å². The molecule has 0 radical (unpaired) electrons. The summed E-state index contributed by atoms with van der Waals surface area (Å²) in [7, 11) is 0. The van der Waals surface area contributed by atoms with Crippen molar-refractivity contribution in [1.29, 1.82) is 0 Å². The summed E-state index contributed by atoms with van der Waals surface area (Å²) in [4.78, 5) is 4.20. The second-order valence-electron chi connectivity index (χ2n) is 7.06. The van der Waals surface area contributed by atoms with E-state index in [1.807, 2.05) is 11.5 Å². The largest absolute Gasteiger partial charge is 0.389 e. The zero-order valence-corrected chi connectivity index (χ0v) is 13.6. The third-order valence-corrected chi connectivity index (χ3v) is 5.46. The fourth-order valence-electron chi connectivity index (χ4n) is 4.08. The van der Waals surface area contributed by atoms with Crippen LogP contribution in [-0.2, 0) is 9.47 Å². The van der Waals surface area contributed by atoms with Gasteiger partial charge in [0.05, 0.1) is 18.8 Å². The van der Waals surface area contributed by atoms with Gasteiger partial charge in [-0.2, -0.15) is 0 Å². The number of imidazole rings is 1. The fraction of sp³-hybridized carbons (Fsp3) is 0.812. The van der Waals surface area contributed by atoms with Crippen molar-refractivity contribution >= 4 is 0 Å². The first-order chi connectivity index (χ1) is 11.4. The number of aryl methyl sites for hydroxylation is 1. The molecule has 2 saturated heterocycles. The van der Waals surface area contributed by atoms with Gasteiger partial charge in [0.1, 0.15) is 18.0 Å². The quantitative estimate of drug-likeness (QED) is 0.868. The highest BCUT2D eigenvalue weighted by Gasteiger charge is 2.51. The van der Waals surface area contributed by atoms with Crippen molar-refractivity contribution in [1.82, 2.24) is 14.9 Å². The Hall–Kier alpha value is -1.09. The van der Waals surface area contributed by atoms with E-state index in [9.17, 15) is 13.9 Å². The van der Waals surface area contributed by atoms with Gasteiger partial charge in [0, 0.05) is 31.3 Å². The molecule has 0 spiro atoms. The highest BCUT2D eigenvalue weighted by Crippen LogP contribution is 2.38. The minimum absolute atomic E-state index is 0.0328. The van der Waals surface area contributed by atoms with E-state index in [2.05, 4.69) is 10.3 Å². The van der Waals surface area contributed by atoms with Crippen LogP contribution in [0.15, 0.2) is 12.4 Å². The van der Waals surface area contributed by atoms with Gasteiger partial charge in [0.2, 0.25) is 5.92 Å². The number of nitrogens with zero attached hydrogens (tertiary/aromatic N) is 2. The number of aliphatic hydroxyl groups is 1. The number of ether oxygens (including phenoxy) is 2. The zero-order chi connectivity index (χ0) is 16.9. The van der Waals surface area contributed by atoms with Crippen LogP contribution in [0.4, 0.5) is 8.78 Å². The maximum Gasteiger partial charge on any atom is 0.248 e. The second kappa shape index (κ2) is 6.01. The Morgan fingerprint density at radius 2 is 2.12 bits per heavy atom. The van der Waals surface area contributed by atoms with Gasteiger partial charge in [-0.1, -0.05) is 0 Å². The third kappa shape index (κ3) is 2.85. The number of hydrogen-bond acceptors (Lipinski definition) is 5. The molecule has 3 fully saturated rings. The molecule has 2 N–H and O–H groups in total. The van der Waals surface area contributed by atoms with Crippen LogP contribution in [0.25, 0.3) is 0 Å². The monoisotopic (exact) mass is 343 g/mol. The van der Waals surface area contributed by atoms with Gasteiger partial charge in [-0.25, -0.2) is 13.8 Å². The normalized spacial score (nSPS) is 39.2. The van der Waals surface area contributed by atoms with Crippen LogP contribution in [-0.4, -0.2) is 57.8 Å². The molecule has 0 amide bonds. The number of hydrogen-bond donors (Lipinski definition) is 2. The van der Waals surface area contributed by atoms with Gasteiger partial charge in [-0.3, -0.25) is 0 Å². The molecule has 1 aromatic rings. The summed E-state index contributed by atoms with van der Waals surface area (Å²) in [6, 6.07) is -0.768. The summed E-state index contributed by atoms with van der Waals surface area (Å²) in [6.07, 6.45) is 2.57. The molecule has 1 aromatic heterocycles. The van der Waals surface area contributed by atoms with Gasteiger partial charge in [-0.05, 0) is 19.8 Å². The summed E-state index contributed by atoms with van der Waals surface area (Å²) in [5.41, 5.74) is 0. The number of rotatable bonds is 3. The molecule has 1 saturated carbocycles. The highest BCUT2D eigenvalue weighted by molar-refractivity contribution is 5.05. The van der Waals surface area contributed by atoms with Crippen LogP contribution in [0.5, 0.6) is 0 Å². The van der Waals surface area contributed by atoms with Crippen molar-refractivity contribution in [3.05, 3.63) is 18.2 Å². The molecule has 8 heteroatoms. The molecule has 2 aliphatic heterocycles. The van der Waals surface area contributed by atoms with Gasteiger partial charge in [0.25, 0.3) is 0 Å². The molecule has 0 aromatic carbocycles. The smallest absolute Gasteiger partial charge is 0.248 e. The van der Waals surface area contributed by atoms with E-state index in [1.54, 1.807) is 12.4 Å². The highest BCUT2D eigenvalue weighted by atomic mass is 19.3. The lowest BCUT2D eigenvalue weighted by atomic mass is 9.89. The minimum Gasteiger partial charge on any atom is -0.389 e. The van der Waals surface area contributed by atoms with Crippen LogP contribution < -0.4 is 5.32 Å². The van der Waals surface area contributed by atoms with Crippen molar-refractivity contribution in [2.45, 2.75) is 75.2 Å². The van der Waals surface area contributed by atoms with Gasteiger partial charge >= 0.3 is 0 Å². The molecule has 3 aliphatic rings. The van der Waals surface area contributed by atoms with E-state index in [1.165, 1.54) is 0 Å². The molecule has 3 heterocycles. The SMILES string of the molecule is Cc1nccn1C1C2OCC(O2)C(NC2CCC(F)(F)CC2)C1O. The Bertz CT molecular complexity index is 587. The van der Waals surface area contributed by atoms with Crippen molar-refractivity contribution in [2.24, 2.45) is 0 Å². The van der Waals surface area contributed by atoms with Crippen molar-refractivity contribution in [2.75, 3.05) is 6.61 Å². The van der Waals surface area contributed by atoms with E-state index >= 15 is 0 Å². The summed E-state index contributed by atoms with van der Waals surface area (Å²) in [6.45, 7) is 2.26. The van der Waals surface area contributed by atoms with E-state index in [4.69, 9.17) is 9.47 Å². The molecule has 1 aliphatic carbocycles. The van der Waals surface area contributed by atoms with Crippen molar-refractivity contribution in [3.63, 3.8) is 0 Å². The number of fused-ring (bicyclic) bond motifs is 2. The average molecular weight is 343 g/mol. The first-order valence-corrected chi connectivity index (χ1v) is 8.53. The first kappa shape index (κ1) is 16.4. The number of nitrogens with one attached hydrogen (secondary N) is 1. The topological polar surface area (TPSA) is 68.5 Å². The van der Waals surface area contributed by atoms with Gasteiger partial charge < -0.3 is 24.5 Å². The Kier molecular flexibility index (Phi) is 4.11. The summed E-state index contributed by atoms with van der Waals surface area (Å²) < 4.78 is 40.2. The Labute approximate surface area is 139 Å². The Balaban J connectivity index is 1.50. The molecular weight excluding hydrogens is 320 g/mol. The lowest BCUT2D eigenvalue weighted by Gasteiger charge is -2.42. The molecule has 6 nitrogen and oxygen atoms in total. The van der Waals surface area contributed by atoms with E-state index in [0.717, 1.165) is 5.82 Å². The zero-order valence-electron chi connectivity index (χ0n) is 13.6. The number of aliphatic hydroxyl groups excluding tert-OH is 1. The molecule has 5 unspecified atom stereocenters. The Morgan fingerprint density at radius 3 is 2.79 bits per heavy atom. The van der Waals surface area contributed by atoms with E-state index in [0.29, 0.717) is 19.4 Å². The second-order valence-corrected chi connectivity index (χ2v) is 7.06.